The first-order chi connectivity index (χ1) is 10.2. The number of halogens is 1. The second-order valence-electron chi connectivity index (χ2n) is 5.84. The lowest BCUT2D eigenvalue weighted by Crippen LogP contribution is -2.30. The van der Waals surface area contributed by atoms with Crippen LogP contribution in [-0.2, 0) is 4.79 Å². The van der Waals surface area contributed by atoms with Gasteiger partial charge in [0.25, 0.3) is 0 Å². The fourth-order valence-corrected chi connectivity index (χ4v) is 4.36. The van der Waals surface area contributed by atoms with Crippen LogP contribution in [0.3, 0.4) is 0 Å². The first-order valence-electron chi connectivity index (χ1n) is 7.64. The van der Waals surface area contributed by atoms with Gasteiger partial charge in [0.05, 0.1) is 6.04 Å². The normalized spacial score (nSPS) is 24.6. The van der Waals surface area contributed by atoms with Gasteiger partial charge in [-0.15, -0.1) is 11.8 Å². The van der Waals surface area contributed by atoms with Gasteiger partial charge in [-0.1, -0.05) is 11.6 Å². The van der Waals surface area contributed by atoms with Crippen LogP contribution in [0.4, 0.5) is 0 Å². The van der Waals surface area contributed by atoms with E-state index in [2.05, 4.69) is 16.7 Å². The molecule has 2 aliphatic heterocycles. The van der Waals surface area contributed by atoms with Crippen LogP contribution < -0.4 is 10.6 Å². The van der Waals surface area contributed by atoms with Crippen LogP contribution in [0.15, 0.2) is 23.1 Å². The van der Waals surface area contributed by atoms with Crippen molar-refractivity contribution in [2.45, 2.75) is 36.6 Å². The molecule has 1 aromatic rings. The van der Waals surface area contributed by atoms with E-state index < -0.39 is 0 Å². The zero-order valence-corrected chi connectivity index (χ0v) is 13.6. The molecule has 2 unspecified atom stereocenters. The molecule has 3 nitrogen and oxygen atoms in total. The lowest BCUT2D eigenvalue weighted by molar-refractivity contribution is -0.122. The maximum absolute atomic E-state index is 12.2. The van der Waals surface area contributed by atoms with Gasteiger partial charge in [-0.25, -0.2) is 0 Å². The van der Waals surface area contributed by atoms with Crippen molar-refractivity contribution in [1.82, 2.24) is 10.6 Å². The fourth-order valence-electron chi connectivity index (χ4n) is 3.08. The van der Waals surface area contributed by atoms with E-state index in [4.69, 9.17) is 11.6 Å². The smallest absolute Gasteiger partial charge is 0.220 e. The molecule has 1 aromatic carbocycles. The lowest BCUT2D eigenvalue weighted by Gasteiger charge is -2.26. The van der Waals surface area contributed by atoms with Crippen molar-refractivity contribution >= 4 is 29.3 Å². The first-order valence-corrected chi connectivity index (χ1v) is 9.01. The maximum Gasteiger partial charge on any atom is 0.220 e. The van der Waals surface area contributed by atoms with Crippen LogP contribution in [0.5, 0.6) is 0 Å². The molecule has 0 spiro atoms. The van der Waals surface area contributed by atoms with Gasteiger partial charge in [0.2, 0.25) is 5.91 Å². The van der Waals surface area contributed by atoms with Crippen molar-refractivity contribution in [2.75, 3.05) is 18.8 Å². The molecule has 2 aliphatic rings. The number of benzene rings is 1. The SMILES string of the molecule is O=C(CCC1CCNC1)NC1CCSc2ccc(Cl)cc21. The van der Waals surface area contributed by atoms with E-state index in [0.29, 0.717) is 12.3 Å². The molecule has 21 heavy (non-hydrogen) atoms. The summed E-state index contributed by atoms with van der Waals surface area (Å²) in [5.74, 6) is 1.88. The van der Waals surface area contributed by atoms with E-state index >= 15 is 0 Å². The van der Waals surface area contributed by atoms with Crippen molar-refractivity contribution in [3.05, 3.63) is 28.8 Å². The Bertz CT molecular complexity index is 517. The molecular formula is C16H21ClN2OS. The zero-order chi connectivity index (χ0) is 14.7. The highest BCUT2D eigenvalue weighted by atomic mass is 35.5. The monoisotopic (exact) mass is 324 g/mol. The fraction of sp³-hybridized carbons (Fsp3) is 0.562. The minimum atomic E-state index is 0.120. The van der Waals surface area contributed by atoms with Crippen LogP contribution in [0.25, 0.3) is 0 Å². The van der Waals surface area contributed by atoms with Gasteiger partial charge in [0.1, 0.15) is 0 Å². The maximum atomic E-state index is 12.2. The number of thioether (sulfide) groups is 1. The number of nitrogens with one attached hydrogen (secondary N) is 2. The number of hydrogen-bond donors (Lipinski definition) is 2. The van der Waals surface area contributed by atoms with Crippen LogP contribution >= 0.6 is 23.4 Å². The minimum absolute atomic E-state index is 0.120. The molecule has 0 aliphatic carbocycles. The molecule has 2 heterocycles. The molecule has 1 amide bonds. The highest BCUT2D eigenvalue weighted by molar-refractivity contribution is 7.99. The van der Waals surface area contributed by atoms with Gasteiger partial charge >= 0.3 is 0 Å². The van der Waals surface area contributed by atoms with Crippen molar-refractivity contribution in [3.8, 4) is 0 Å². The summed E-state index contributed by atoms with van der Waals surface area (Å²) in [7, 11) is 0. The minimum Gasteiger partial charge on any atom is -0.349 e. The molecule has 2 N–H and O–H groups in total. The Hall–Kier alpha value is -0.710. The summed E-state index contributed by atoms with van der Waals surface area (Å²) in [4.78, 5) is 13.4. The van der Waals surface area contributed by atoms with E-state index in [1.165, 1.54) is 16.9 Å². The second kappa shape index (κ2) is 7.03. The van der Waals surface area contributed by atoms with Crippen molar-refractivity contribution in [1.29, 1.82) is 0 Å². The number of rotatable bonds is 4. The third-order valence-electron chi connectivity index (χ3n) is 4.29. The number of hydrogen-bond acceptors (Lipinski definition) is 3. The number of fused-ring (bicyclic) bond motifs is 1. The molecular weight excluding hydrogens is 304 g/mol. The Labute approximate surface area is 135 Å². The molecule has 114 valence electrons. The summed E-state index contributed by atoms with van der Waals surface area (Å²) in [6.07, 6.45) is 3.80. The summed E-state index contributed by atoms with van der Waals surface area (Å²) >= 11 is 7.94. The first kappa shape index (κ1) is 15.2. The summed E-state index contributed by atoms with van der Waals surface area (Å²) in [5, 5.41) is 7.29. The van der Waals surface area contributed by atoms with Gasteiger partial charge in [-0.2, -0.15) is 0 Å². The van der Waals surface area contributed by atoms with Gasteiger partial charge in [0.15, 0.2) is 0 Å². The second-order valence-corrected chi connectivity index (χ2v) is 7.41. The quantitative estimate of drug-likeness (QED) is 0.892. The number of amides is 1. The van der Waals surface area contributed by atoms with Crippen molar-refractivity contribution < 1.29 is 4.79 Å². The third-order valence-corrected chi connectivity index (χ3v) is 5.65. The van der Waals surface area contributed by atoms with E-state index in [9.17, 15) is 4.79 Å². The topological polar surface area (TPSA) is 41.1 Å². The Morgan fingerprint density at radius 3 is 3.14 bits per heavy atom. The Morgan fingerprint density at radius 2 is 2.33 bits per heavy atom. The van der Waals surface area contributed by atoms with Gasteiger partial charge < -0.3 is 10.6 Å². The standard InChI is InChI=1S/C16H21ClN2OS/c17-12-2-3-15-13(9-12)14(6-8-21-15)19-16(20)4-1-11-5-7-18-10-11/h2-3,9,11,14,18H,1,4-8,10H2,(H,19,20). The predicted molar refractivity (Wildman–Crippen MR) is 87.9 cm³/mol. The van der Waals surface area contributed by atoms with Crippen LogP contribution in [-0.4, -0.2) is 24.7 Å². The Balaban J connectivity index is 1.57. The molecule has 0 bridgehead atoms. The van der Waals surface area contributed by atoms with Gasteiger partial charge in [-0.05, 0) is 62.0 Å². The molecule has 5 heteroatoms. The molecule has 0 saturated carbocycles. The van der Waals surface area contributed by atoms with E-state index in [0.717, 1.165) is 36.7 Å². The largest absolute Gasteiger partial charge is 0.349 e. The van der Waals surface area contributed by atoms with E-state index in [1.54, 1.807) is 0 Å². The molecule has 1 saturated heterocycles. The van der Waals surface area contributed by atoms with E-state index in [1.807, 2.05) is 23.9 Å². The highest BCUT2D eigenvalue weighted by Crippen LogP contribution is 2.37. The Kier molecular flexibility index (Phi) is 5.09. The summed E-state index contributed by atoms with van der Waals surface area (Å²) in [5.41, 5.74) is 1.18. The average molecular weight is 325 g/mol. The molecule has 2 atom stereocenters. The Morgan fingerprint density at radius 1 is 1.43 bits per heavy atom. The van der Waals surface area contributed by atoms with Crippen LogP contribution in [0, 0.1) is 5.92 Å². The van der Waals surface area contributed by atoms with E-state index in [-0.39, 0.29) is 11.9 Å². The highest BCUT2D eigenvalue weighted by Gasteiger charge is 2.23. The summed E-state index contributed by atoms with van der Waals surface area (Å²) < 4.78 is 0. The van der Waals surface area contributed by atoms with Crippen molar-refractivity contribution in [3.63, 3.8) is 0 Å². The van der Waals surface area contributed by atoms with Gasteiger partial charge in [0, 0.05) is 22.1 Å². The molecule has 0 aromatic heterocycles. The van der Waals surface area contributed by atoms with Gasteiger partial charge in [-0.3, -0.25) is 4.79 Å². The number of carbonyl (C=O) groups is 1. The summed E-state index contributed by atoms with van der Waals surface area (Å²) in [6.45, 7) is 2.16. The zero-order valence-electron chi connectivity index (χ0n) is 12.0. The third kappa shape index (κ3) is 3.93. The molecule has 3 rings (SSSR count). The number of carbonyl (C=O) groups excluding carboxylic acids is 1. The van der Waals surface area contributed by atoms with Crippen molar-refractivity contribution in [2.24, 2.45) is 5.92 Å². The predicted octanol–water partition coefficient (Wildman–Crippen LogP) is 3.38. The lowest BCUT2D eigenvalue weighted by atomic mass is 10.0. The molecule has 1 fully saturated rings. The summed E-state index contributed by atoms with van der Waals surface area (Å²) in [6, 6.07) is 6.10. The van der Waals surface area contributed by atoms with Crippen LogP contribution in [0.1, 0.15) is 37.3 Å². The average Bonchev–Trinajstić information content (AvgIpc) is 2.99. The van der Waals surface area contributed by atoms with Crippen LogP contribution in [0.2, 0.25) is 5.02 Å². The molecule has 0 radical (unpaired) electrons.